The summed E-state index contributed by atoms with van der Waals surface area (Å²) in [5.41, 5.74) is -3.45. The van der Waals surface area contributed by atoms with Crippen LogP contribution in [0.1, 0.15) is 41.5 Å². The first-order valence-corrected chi connectivity index (χ1v) is 9.23. The molecule has 0 fully saturated rings. The second kappa shape index (κ2) is 7.82. The Morgan fingerprint density at radius 1 is 0.742 bits per heavy atom. The number of carbonyl (C=O) groups is 1. The van der Waals surface area contributed by atoms with E-state index in [0.29, 0.717) is 23.3 Å². The first-order chi connectivity index (χ1) is 14.0. The molecule has 11 nitrogen and oxygen atoms in total. The first kappa shape index (κ1) is 23.5. The maximum Gasteiger partial charge on any atom is 0.308 e. The lowest BCUT2D eigenvalue weighted by atomic mass is 9.72. The van der Waals surface area contributed by atoms with Crippen molar-refractivity contribution in [3.05, 3.63) is 65.8 Å². The Hall–Kier alpha value is -3.76. The molecule has 0 unspecified atom stereocenters. The fourth-order valence-corrected chi connectivity index (χ4v) is 3.01. The molecule has 164 valence electrons. The third kappa shape index (κ3) is 4.87. The van der Waals surface area contributed by atoms with E-state index in [0.717, 1.165) is 0 Å². The number of hydrogen-bond acceptors (Lipinski definition) is 8. The van der Waals surface area contributed by atoms with Crippen molar-refractivity contribution < 1.29 is 19.6 Å². The molecule has 1 aromatic rings. The second-order valence-corrected chi connectivity index (χ2v) is 9.09. The molecular formula is C20H22N4O7. The predicted molar refractivity (Wildman–Crippen MR) is 114 cm³/mol. The van der Waals surface area contributed by atoms with Crippen LogP contribution in [0.2, 0.25) is 0 Å². The van der Waals surface area contributed by atoms with E-state index in [1.807, 2.05) is 41.5 Å². The first-order valence-electron chi connectivity index (χ1n) is 9.23. The molecule has 1 aliphatic carbocycles. The van der Waals surface area contributed by atoms with E-state index in [-0.39, 0.29) is 11.5 Å². The molecule has 0 radical (unpaired) electrons. The number of aliphatic imine (C=N–C) groups is 1. The minimum absolute atomic E-state index is 0.106. The van der Waals surface area contributed by atoms with E-state index >= 15 is 0 Å². The van der Waals surface area contributed by atoms with Gasteiger partial charge in [-0.3, -0.25) is 35.1 Å². The summed E-state index contributed by atoms with van der Waals surface area (Å²) in [6.45, 7) is 10.9. The van der Waals surface area contributed by atoms with Crippen molar-refractivity contribution in [3.63, 3.8) is 0 Å². The third-order valence-corrected chi connectivity index (χ3v) is 4.59. The number of nitrogens with zero attached hydrogens (tertiary/aromatic N) is 4. The van der Waals surface area contributed by atoms with Gasteiger partial charge in [0, 0.05) is 11.1 Å². The smallest absolute Gasteiger partial charge is 0.289 e. The predicted octanol–water partition coefficient (Wildman–Crippen LogP) is 5.01. The van der Waals surface area contributed by atoms with E-state index in [1.54, 1.807) is 0 Å². The molecular weight excluding hydrogens is 408 g/mol. The molecule has 31 heavy (non-hydrogen) atoms. The summed E-state index contributed by atoms with van der Waals surface area (Å²) < 4.78 is 0. The molecule has 0 aromatic heterocycles. The standard InChI is InChI=1S/C20H22N4O7/c1-19(2,3)13-7-11(8-14(18(13)25)20(4,5)6)21-17-15(23(28)29)9-12(22(26)27)10-16(17)24(30)31/h7-10H,1-6H3. The van der Waals surface area contributed by atoms with Crippen LogP contribution in [-0.2, 0) is 4.79 Å². The van der Waals surface area contributed by atoms with Gasteiger partial charge in [-0.05, 0) is 23.0 Å². The van der Waals surface area contributed by atoms with Crippen LogP contribution in [0.4, 0.5) is 22.7 Å². The van der Waals surface area contributed by atoms with Crippen molar-refractivity contribution in [3.8, 4) is 0 Å². The van der Waals surface area contributed by atoms with E-state index in [1.165, 1.54) is 12.2 Å². The van der Waals surface area contributed by atoms with Crippen LogP contribution in [0.25, 0.3) is 0 Å². The normalized spacial score (nSPS) is 14.6. The van der Waals surface area contributed by atoms with E-state index in [2.05, 4.69) is 4.99 Å². The maximum absolute atomic E-state index is 13.0. The molecule has 1 aliphatic rings. The number of carbonyl (C=O) groups excluding carboxylic acids is 1. The highest BCUT2D eigenvalue weighted by atomic mass is 16.6. The maximum atomic E-state index is 13.0. The van der Waals surface area contributed by atoms with Crippen LogP contribution in [0.5, 0.6) is 0 Å². The van der Waals surface area contributed by atoms with Gasteiger partial charge < -0.3 is 0 Å². The van der Waals surface area contributed by atoms with Crippen molar-refractivity contribution in [2.75, 3.05) is 0 Å². The van der Waals surface area contributed by atoms with Crippen LogP contribution in [-0.4, -0.2) is 26.3 Å². The SMILES string of the molecule is CC(C)(C)C1=CC(=Nc2c([N+](=O)[O-])cc([N+](=O)[O-])cc2[N+](=O)[O-])C=C(C(C)(C)C)C1=O. The van der Waals surface area contributed by atoms with Crippen molar-refractivity contribution in [1.29, 1.82) is 0 Å². The molecule has 0 amide bonds. The second-order valence-electron chi connectivity index (χ2n) is 9.09. The quantitative estimate of drug-likeness (QED) is 0.368. The summed E-state index contributed by atoms with van der Waals surface area (Å²) in [6.07, 6.45) is 2.87. The monoisotopic (exact) mass is 430 g/mol. The number of benzene rings is 1. The molecule has 2 rings (SSSR count). The summed E-state index contributed by atoms with van der Waals surface area (Å²) in [7, 11) is 0. The average molecular weight is 430 g/mol. The van der Waals surface area contributed by atoms with Gasteiger partial charge in [0.2, 0.25) is 5.69 Å². The summed E-state index contributed by atoms with van der Waals surface area (Å²) >= 11 is 0. The Bertz CT molecular complexity index is 1030. The van der Waals surface area contributed by atoms with Gasteiger partial charge in [-0.25, -0.2) is 4.99 Å². The molecule has 0 aliphatic heterocycles. The zero-order chi connectivity index (χ0) is 23.9. The Labute approximate surface area is 177 Å². The van der Waals surface area contributed by atoms with Gasteiger partial charge in [-0.2, -0.15) is 0 Å². The Morgan fingerprint density at radius 3 is 1.42 bits per heavy atom. The number of rotatable bonds is 4. The van der Waals surface area contributed by atoms with Gasteiger partial charge in [-0.1, -0.05) is 41.5 Å². The van der Waals surface area contributed by atoms with Crippen LogP contribution in [0.3, 0.4) is 0 Å². The Balaban J connectivity index is 2.91. The van der Waals surface area contributed by atoms with Gasteiger partial charge in [0.1, 0.15) is 0 Å². The molecule has 1 aromatic carbocycles. The van der Waals surface area contributed by atoms with E-state index in [9.17, 15) is 35.1 Å². The van der Waals surface area contributed by atoms with E-state index < -0.39 is 48.3 Å². The number of nitro benzene ring substituents is 3. The third-order valence-electron chi connectivity index (χ3n) is 4.59. The molecule has 0 heterocycles. The lowest BCUT2D eigenvalue weighted by molar-refractivity contribution is -0.402. The fourth-order valence-electron chi connectivity index (χ4n) is 3.01. The van der Waals surface area contributed by atoms with Crippen molar-refractivity contribution in [1.82, 2.24) is 0 Å². The largest absolute Gasteiger partial charge is 0.308 e. The van der Waals surface area contributed by atoms with Crippen LogP contribution >= 0.6 is 0 Å². The van der Waals surface area contributed by atoms with Crippen LogP contribution in [0, 0.1) is 41.2 Å². The van der Waals surface area contributed by atoms with Gasteiger partial charge in [0.25, 0.3) is 5.69 Å². The average Bonchev–Trinajstić information content (AvgIpc) is 2.60. The zero-order valence-corrected chi connectivity index (χ0v) is 18.0. The Kier molecular flexibility index (Phi) is 5.93. The number of Topliss-reactive ketones (excluding diaryl/α,β-unsaturated/α-hetero) is 1. The number of hydrogen-bond donors (Lipinski definition) is 0. The number of nitro groups is 3. The van der Waals surface area contributed by atoms with Gasteiger partial charge in [0.15, 0.2) is 5.78 Å². The molecule has 0 bridgehead atoms. The van der Waals surface area contributed by atoms with Crippen molar-refractivity contribution >= 4 is 34.2 Å². The fraction of sp³-hybridized carbons (Fsp3) is 0.400. The zero-order valence-electron chi connectivity index (χ0n) is 18.0. The molecule has 0 spiro atoms. The summed E-state index contributed by atoms with van der Waals surface area (Å²) in [5.74, 6) is -0.202. The number of non-ortho nitro benzene ring substituents is 1. The van der Waals surface area contributed by atoms with Gasteiger partial charge in [0.05, 0.1) is 32.6 Å². The minimum Gasteiger partial charge on any atom is -0.289 e. The number of allylic oxidation sites excluding steroid dienone is 4. The summed E-state index contributed by atoms with van der Waals surface area (Å²) in [6, 6.07) is 1.26. The van der Waals surface area contributed by atoms with Crippen molar-refractivity contribution in [2.45, 2.75) is 41.5 Å². The summed E-state index contributed by atoms with van der Waals surface area (Å²) in [4.78, 5) is 48.4. The van der Waals surface area contributed by atoms with E-state index in [4.69, 9.17) is 0 Å². The minimum atomic E-state index is -0.962. The molecule has 0 saturated carbocycles. The summed E-state index contributed by atoms with van der Waals surface area (Å²) in [5, 5.41) is 34.1. The van der Waals surface area contributed by atoms with Gasteiger partial charge >= 0.3 is 11.4 Å². The Morgan fingerprint density at radius 2 is 1.13 bits per heavy atom. The highest BCUT2D eigenvalue weighted by Crippen LogP contribution is 2.42. The van der Waals surface area contributed by atoms with Gasteiger partial charge in [-0.15, -0.1) is 0 Å². The molecule has 0 N–H and O–H groups in total. The topological polar surface area (TPSA) is 159 Å². The van der Waals surface area contributed by atoms with Crippen LogP contribution in [0.15, 0.2) is 40.4 Å². The lowest BCUT2D eigenvalue weighted by Gasteiger charge is -2.30. The highest BCUT2D eigenvalue weighted by Gasteiger charge is 2.36. The molecule has 0 atom stereocenters. The molecule has 0 saturated heterocycles. The molecule has 11 heteroatoms. The number of ketones is 1. The van der Waals surface area contributed by atoms with Crippen LogP contribution < -0.4 is 0 Å². The lowest BCUT2D eigenvalue weighted by Crippen LogP contribution is -2.29. The highest BCUT2D eigenvalue weighted by molar-refractivity contribution is 6.23. The van der Waals surface area contributed by atoms with Crippen molar-refractivity contribution in [2.24, 2.45) is 15.8 Å².